The fourth-order valence-corrected chi connectivity index (χ4v) is 3.30. The van der Waals surface area contributed by atoms with Crippen LogP contribution in [-0.4, -0.2) is 37.4 Å². The molecule has 1 N–H and O–H groups in total. The number of hydrogen-bond acceptors (Lipinski definition) is 5. The molecule has 1 atom stereocenters. The van der Waals surface area contributed by atoms with Crippen LogP contribution in [0.15, 0.2) is 47.5 Å². The van der Waals surface area contributed by atoms with Gasteiger partial charge in [-0.1, -0.05) is 12.1 Å². The standard InChI is InChI=1S/C20H17FN4O4/c1-11(20(27)28)24-8-7-16-14(19(24)26)9-22-18-17(12-3-5-13(21)6-4-12)15(10-29-2)23-25(16)18/h3-9,11H,10H2,1-2H3,(H,27,28). The Labute approximate surface area is 163 Å². The molecular weight excluding hydrogens is 379 g/mol. The number of carboxylic acid groups (broad SMARTS) is 1. The Morgan fingerprint density at radius 3 is 2.66 bits per heavy atom. The second-order valence-electron chi connectivity index (χ2n) is 6.60. The molecule has 1 unspecified atom stereocenters. The third kappa shape index (κ3) is 3.05. The van der Waals surface area contributed by atoms with E-state index in [-0.39, 0.29) is 17.8 Å². The van der Waals surface area contributed by atoms with Crippen molar-refractivity contribution < 1.29 is 19.0 Å². The molecular formula is C20H17FN4O4. The summed E-state index contributed by atoms with van der Waals surface area (Å²) in [5, 5.41) is 14.0. The van der Waals surface area contributed by atoms with Crippen LogP contribution in [0.25, 0.3) is 27.7 Å². The largest absolute Gasteiger partial charge is 0.480 e. The van der Waals surface area contributed by atoms with Gasteiger partial charge in [-0.05, 0) is 30.7 Å². The molecule has 9 heteroatoms. The van der Waals surface area contributed by atoms with Gasteiger partial charge in [0, 0.05) is 19.5 Å². The van der Waals surface area contributed by atoms with Crippen molar-refractivity contribution in [2.24, 2.45) is 0 Å². The molecule has 3 heterocycles. The number of pyridine rings is 1. The summed E-state index contributed by atoms with van der Waals surface area (Å²) in [6.07, 6.45) is 2.83. The van der Waals surface area contributed by atoms with E-state index in [4.69, 9.17) is 4.74 Å². The average molecular weight is 396 g/mol. The number of carbonyl (C=O) groups is 1. The summed E-state index contributed by atoms with van der Waals surface area (Å²) in [7, 11) is 1.54. The van der Waals surface area contributed by atoms with E-state index in [1.165, 1.54) is 43.1 Å². The van der Waals surface area contributed by atoms with Gasteiger partial charge >= 0.3 is 5.97 Å². The van der Waals surface area contributed by atoms with E-state index in [1.807, 2.05) is 0 Å². The number of hydrogen-bond donors (Lipinski definition) is 1. The zero-order valence-corrected chi connectivity index (χ0v) is 15.7. The molecule has 4 rings (SSSR count). The first-order valence-electron chi connectivity index (χ1n) is 8.81. The summed E-state index contributed by atoms with van der Waals surface area (Å²) in [4.78, 5) is 28.5. The molecule has 148 valence electrons. The van der Waals surface area contributed by atoms with Gasteiger partial charge in [0.2, 0.25) is 0 Å². The van der Waals surface area contributed by atoms with Crippen LogP contribution < -0.4 is 5.56 Å². The molecule has 4 aromatic rings. The molecule has 0 fully saturated rings. The smallest absolute Gasteiger partial charge is 0.326 e. The fourth-order valence-electron chi connectivity index (χ4n) is 3.30. The zero-order valence-electron chi connectivity index (χ0n) is 15.7. The van der Waals surface area contributed by atoms with Gasteiger partial charge in [-0.25, -0.2) is 18.7 Å². The quantitative estimate of drug-likeness (QED) is 0.557. The summed E-state index contributed by atoms with van der Waals surface area (Å²) < 4.78 is 21.3. The maximum absolute atomic E-state index is 13.4. The van der Waals surface area contributed by atoms with Crippen molar-refractivity contribution in [3.8, 4) is 11.1 Å². The summed E-state index contributed by atoms with van der Waals surface area (Å²) in [5.41, 5.74) is 2.48. The topological polar surface area (TPSA) is 98.7 Å². The second kappa shape index (κ2) is 7.10. The highest BCUT2D eigenvalue weighted by atomic mass is 19.1. The van der Waals surface area contributed by atoms with Crippen molar-refractivity contribution in [3.63, 3.8) is 0 Å². The number of ether oxygens (including phenoxy) is 1. The van der Waals surface area contributed by atoms with Crippen LogP contribution in [0, 0.1) is 5.82 Å². The van der Waals surface area contributed by atoms with Gasteiger partial charge in [0.15, 0.2) is 5.65 Å². The van der Waals surface area contributed by atoms with E-state index in [0.29, 0.717) is 28.0 Å². The molecule has 3 aromatic heterocycles. The van der Waals surface area contributed by atoms with E-state index in [2.05, 4.69) is 10.1 Å². The molecule has 0 aliphatic heterocycles. The van der Waals surface area contributed by atoms with E-state index in [1.54, 1.807) is 18.2 Å². The van der Waals surface area contributed by atoms with Crippen molar-refractivity contribution in [2.75, 3.05) is 7.11 Å². The van der Waals surface area contributed by atoms with Crippen molar-refractivity contribution in [1.29, 1.82) is 0 Å². The lowest BCUT2D eigenvalue weighted by atomic mass is 10.1. The number of benzene rings is 1. The second-order valence-corrected chi connectivity index (χ2v) is 6.60. The van der Waals surface area contributed by atoms with Crippen LogP contribution in [-0.2, 0) is 16.1 Å². The lowest BCUT2D eigenvalue weighted by Gasteiger charge is -2.11. The molecule has 0 amide bonds. The van der Waals surface area contributed by atoms with Gasteiger partial charge < -0.3 is 14.4 Å². The van der Waals surface area contributed by atoms with Crippen LogP contribution >= 0.6 is 0 Å². The van der Waals surface area contributed by atoms with Crippen molar-refractivity contribution in [2.45, 2.75) is 19.6 Å². The number of nitrogens with zero attached hydrogens (tertiary/aromatic N) is 4. The predicted molar refractivity (Wildman–Crippen MR) is 103 cm³/mol. The van der Waals surface area contributed by atoms with E-state index in [9.17, 15) is 19.1 Å². The van der Waals surface area contributed by atoms with E-state index < -0.39 is 17.6 Å². The van der Waals surface area contributed by atoms with Crippen molar-refractivity contribution in [3.05, 3.63) is 64.6 Å². The van der Waals surface area contributed by atoms with E-state index >= 15 is 0 Å². The number of aromatic nitrogens is 4. The molecule has 8 nitrogen and oxygen atoms in total. The van der Waals surface area contributed by atoms with Crippen LogP contribution in [0.5, 0.6) is 0 Å². The summed E-state index contributed by atoms with van der Waals surface area (Å²) in [5.74, 6) is -1.47. The van der Waals surface area contributed by atoms with Crippen molar-refractivity contribution >= 4 is 22.5 Å². The number of rotatable bonds is 5. The molecule has 0 bridgehead atoms. The molecule has 0 aliphatic rings. The Morgan fingerprint density at radius 1 is 1.28 bits per heavy atom. The van der Waals surface area contributed by atoms with E-state index in [0.717, 1.165) is 4.57 Å². The summed E-state index contributed by atoms with van der Waals surface area (Å²) in [6, 6.07) is 6.57. The summed E-state index contributed by atoms with van der Waals surface area (Å²) >= 11 is 0. The number of fused-ring (bicyclic) bond motifs is 3. The number of halogens is 1. The lowest BCUT2D eigenvalue weighted by molar-refractivity contribution is -0.140. The van der Waals surface area contributed by atoms with Gasteiger partial charge in [-0.2, -0.15) is 5.10 Å². The molecule has 0 aliphatic carbocycles. The van der Waals surface area contributed by atoms with Crippen LogP contribution in [0.1, 0.15) is 18.7 Å². The van der Waals surface area contributed by atoms with Crippen LogP contribution in [0.4, 0.5) is 4.39 Å². The maximum Gasteiger partial charge on any atom is 0.326 e. The molecule has 0 saturated heterocycles. The highest BCUT2D eigenvalue weighted by Crippen LogP contribution is 2.29. The lowest BCUT2D eigenvalue weighted by Crippen LogP contribution is -2.28. The zero-order chi connectivity index (χ0) is 20.7. The first kappa shape index (κ1) is 18.8. The first-order chi connectivity index (χ1) is 13.9. The molecule has 0 saturated carbocycles. The SMILES string of the molecule is COCc1nn2c(ncc3c(=O)n(C(C)C(=O)O)ccc32)c1-c1ccc(F)cc1. The average Bonchev–Trinajstić information content (AvgIpc) is 3.07. The van der Waals surface area contributed by atoms with Gasteiger partial charge in [0.05, 0.1) is 28.8 Å². The Morgan fingerprint density at radius 2 is 2.00 bits per heavy atom. The number of carboxylic acids is 1. The maximum atomic E-state index is 13.4. The van der Waals surface area contributed by atoms with Crippen LogP contribution in [0.3, 0.4) is 0 Å². The minimum Gasteiger partial charge on any atom is -0.480 e. The van der Waals surface area contributed by atoms with Gasteiger partial charge in [-0.15, -0.1) is 0 Å². The Bertz CT molecular complexity index is 1290. The monoisotopic (exact) mass is 396 g/mol. The number of methoxy groups -OCH3 is 1. The third-order valence-electron chi connectivity index (χ3n) is 4.80. The number of aliphatic carboxylic acids is 1. The highest BCUT2D eigenvalue weighted by molar-refractivity contribution is 5.86. The van der Waals surface area contributed by atoms with Gasteiger partial charge in [0.25, 0.3) is 5.56 Å². The third-order valence-corrected chi connectivity index (χ3v) is 4.80. The fraction of sp³-hybridized carbons (Fsp3) is 0.200. The van der Waals surface area contributed by atoms with Gasteiger partial charge in [-0.3, -0.25) is 4.79 Å². The first-order valence-corrected chi connectivity index (χ1v) is 8.81. The minimum atomic E-state index is -1.11. The molecule has 1 aromatic carbocycles. The van der Waals surface area contributed by atoms with Crippen molar-refractivity contribution in [1.82, 2.24) is 19.2 Å². The van der Waals surface area contributed by atoms with Gasteiger partial charge in [0.1, 0.15) is 11.9 Å². The highest BCUT2D eigenvalue weighted by Gasteiger charge is 2.20. The molecule has 0 spiro atoms. The Kier molecular flexibility index (Phi) is 4.59. The molecule has 29 heavy (non-hydrogen) atoms. The predicted octanol–water partition coefficient (Wildman–Crippen LogP) is 2.64. The summed E-state index contributed by atoms with van der Waals surface area (Å²) in [6.45, 7) is 1.63. The normalized spacial score (nSPS) is 12.5. The molecule has 0 radical (unpaired) electrons. The Hall–Kier alpha value is -3.59. The van der Waals surface area contributed by atoms with Crippen LogP contribution in [0.2, 0.25) is 0 Å². The Balaban J connectivity index is 2.01. The minimum absolute atomic E-state index is 0.199.